The lowest BCUT2D eigenvalue weighted by atomic mass is 9.94. The van der Waals surface area contributed by atoms with Gasteiger partial charge in [0.15, 0.2) is 0 Å². The number of nitrogens with one attached hydrogen (secondary N) is 3. The van der Waals surface area contributed by atoms with Crippen LogP contribution in [0.3, 0.4) is 0 Å². The van der Waals surface area contributed by atoms with Crippen molar-refractivity contribution in [2.24, 2.45) is 23.7 Å². The van der Waals surface area contributed by atoms with Crippen LogP contribution in [0.4, 0.5) is 4.79 Å². The lowest BCUT2D eigenvalue weighted by Crippen LogP contribution is -2.61. The molecular weight excluding hydrogens is 1270 g/mol. The summed E-state index contributed by atoms with van der Waals surface area (Å²) in [4.78, 5) is 179. The maximum atomic E-state index is 15.2. The average molecular weight is 1380 g/mol. The molecule has 0 heterocycles. The molecule has 99 heavy (non-hydrogen) atoms. The number of fused-ring (bicyclic) bond motifs is 3. The van der Waals surface area contributed by atoms with E-state index in [9.17, 15) is 53.1 Å². The highest BCUT2D eigenvalue weighted by atomic mass is 16.6. The van der Waals surface area contributed by atoms with E-state index in [0.29, 0.717) is 18.4 Å². The first kappa shape index (κ1) is 80.8. The first-order valence-corrected chi connectivity index (χ1v) is 34.5. The molecule has 2 aliphatic carbocycles. The van der Waals surface area contributed by atoms with Crippen LogP contribution in [0.25, 0.3) is 11.1 Å². The summed E-state index contributed by atoms with van der Waals surface area (Å²) in [6, 6.07) is 12.9. The molecule has 10 atom stereocenters. The summed E-state index contributed by atoms with van der Waals surface area (Å²) in [5.74, 6) is -8.65. The zero-order valence-corrected chi connectivity index (χ0v) is 61.6. The van der Waals surface area contributed by atoms with Gasteiger partial charge in [-0.25, -0.2) is 4.79 Å². The first-order valence-electron chi connectivity index (χ1n) is 34.5. The summed E-state index contributed by atoms with van der Waals surface area (Å²) in [7, 11) is 12.9. The van der Waals surface area contributed by atoms with Crippen LogP contribution in [-0.4, -0.2) is 246 Å². The molecule has 2 aliphatic rings. The van der Waals surface area contributed by atoms with Gasteiger partial charge in [-0.2, -0.15) is 0 Å². The Balaban J connectivity index is 1.30. The average Bonchev–Trinajstić information content (AvgIpc) is 1.70. The largest absolute Gasteiger partial charge is 0.481 e. The number of benzene rings is 3. The molecule has 0 spiro atoms. The van der Waals surface area contributed by atoms with Crippen LogP contribution in [0.1, 0.15) is 143 Å². The summed E-state index contributed by atoms with van der Waals surface area (Å²) in [6.45, 7) is 17.2. The van der Waals surface area contributed by atoms with Gasteiger partial charge in [0.05, 0.1) is 6.42 Å². The number of nitrogens with zero attached hydrogens (tertiary/aromatic N) is 8. The molecule has 0 saturated heterocycles. The van der Waals surface area contributed by atoms with Crippen molar-refractivity contribution in [2.75, 3.05) is 70.0 Å². The summed E-state index contributed by atoms with van der Waals surface area (Å²) in [5.41, 5.74) is 4.87. The van der Waals surface area contributed by atoms with Crippen LogP contribution in [0, 0.1) is 23.7 Å². The van der Waals surface area contributed by atoms with Crippen LogP contribution < -0.4 is 16.0 Å². The fourth-order valence-corrected chi connectivity index (χ4v) is 13.3. The van der Waals surface area contributed by atoms with E-state index < -0.39 is 138 Å². The van der Waals surface area contributed by atoms with Gasteiger partial charge in [0, 0.05) is 75.8 Å². The Labute approximate surface area is 585 Å². The highest BCUT2D eigenvalue weighted by Crippen LogP contribution is 2.44. The van der Waals surface area contributed by atoms with Gasteiger partial charge in [0.1, 0.15) is 67.0 Å². The fraction of sp³-hybridized carbons (Fsp3) is 0.595. The smallest absolute Gasteiger partial charge is 0.410 e. The predicted molar refractivity (Wildman–Crippen MR) is 376 cm³/mol. The Morgan fingerprint density at radius 3 is 1.41 bits per heavy atom. The Morgan fingerprint density at radius 2 is 0.899 bits per heavy atom. The van der Waals surface area contributed by atoms with Crippen LogP contribution in [0.5, 0.6) is 0 Å². The minimum atomic E-state index is -1.35. The summed E-state index contributed by atoms with van der Waals surface area (Å²) < 4.78 is 5.86. The van der Waals surface area contributed by atoms with E-state index in [0.717, 1.165) is 44.9 Å². The number of carbonyl (C=O) groups excluding carboxylic acids is 11. The molecule has 0 aromatic heterocycles. The Bertz CT molecular complexity index is 3310. The van der Waals surface area contributed by atoms with Crippen LogP contribution in [0.15, 0.2) is 78.9 Å². The molecule has 1 fully saturated rings. The molecule has 0 radical (unpaired) electrons. The van der Waals surface area contributed by atoms with Crippen LogP contribution >= 0.6 is 0 Å². The molecule has 4 N–H and O–H groups in total. The number of amides is 11. The molecule has 0 bridgehead atoms. The third-order valence-electron chi connectivity index (χ3n) is 19.4. The van der Waals surface area contributed by atoms with Gasteiger partial charge in [0.25, 0.3) is 0 Å². The second-order valence-corrected chi connectivity index (χ2v) is 28.4. The molecule has 1 saturated carbocycles. The molecule has 0 unspecified atom stereocenters. The summed E-state index contributed by atoms with van der Waals surface area (Å²) >= 11 is 0. The van der Waals surface area contributed by atoms with Crippen molar-refractivity contribution < 1.29 is 67.4 Å². The summed E-state index contributed by atoms with van der Waals surface area (Å²) in [5, 5.41) is 18.1. The highest BCUT2D eigenvalue weighted by molar-refractivity contribution is 5.99. The lowest BCUT2D eigenvalue weighted by Gasteiger charge is -2.38. The Hall–Kier alpha value is -8.90. The summed E-state index contributed by atoms with van der Waals surface area (Å²) in [6.07, 6.45) is 1.79. The third-order valence-corrected chi connectivity index (χ3v) is 19.4. The van der Waals surface area contributed by atoms with E-state index in [1.165, 1.54) is 114 Å². The SMILES string of the molecule is CC(C)C[C@H](NC(=O)[C@H](Cc1ccccc1)N(C)C(=O)[C@H](CC(C)C)N(C)C(=O)[C@H](C)NC(=O)[C@H](CC(C)C)N(C)C(=O)[C@H](C)N(C)C(=O)OCC1c2ccccc2-c2ccccc21)C(=O)N(C)[C@@H](C)C(=O)N[C@@H](C)C(=O)N(C)[C@H](C(=O)N(C)[C@@H](CC(=O)O)C(=O)N(C)C)C1CCCC1. The first-order chi connectivity index (χ1) is 46.4. The Kier molecular flexibility index (Phi) is 29.6. The number of hydrogen-bond donors (Lipinski definition) is 4. The number of rotatable bonds is 33. The second kappa shape index (κ2) is 36.3. The number of aliphatic carboxylic acids is 1. The standard InChI is InChI=1S/C74H109N11O14/c1-43(2)37-57(70(94)79(13)48(9)64(88)75-47(8)68(92)85(19)63(51-31-23-24-32-51)73(97)84(18)61(41-62(86)87)71(95)78(11)12)77-66(90)59(40-50-29-21-20-22-30-50)82(16)72(96)60(39-45(5)6)83(17)67(91)46(7)76-65(89)58(38-44(3)4)81(15)69(93)49(10)80(14)74(98)99-42-56-54-35-27-25-33-52(54)53-34-26-28-36-55(53)56/h20-22,25-30,33-36,43-49,51,56-61,63H,23-24,31-32,37-42H2,1-19H3,(H,75,88)(H,76,89)(H,77,90)(H,86,87)/t46-,47-,48-,49-,57-,58-,59-,60-,61-,63-/m0/s1. The number of ether oxygens (including phenoxy) is 1. The monoisotopic (exact) mass is 1380 g/mol. The van der Waals surface area contributed by atoms with E-state index in [4.69, 9.17) is 4.74 Å². The molecule has 3 aromatic rings. The van der Waals surface area contributed by atoms with Gasteiger partial charge in [-0.15, -0.1) is 0 Å². The zero-order valence-electron chi connectivity index (χ0n) is 61.6. The number of likely N-dealkylation sites (N-methyl/N-ethyl adjacent to an activating group) is 8. The van der Waals surface area contributed by atoms with E-state index >= 15 is 9.59 Å². The van der Waals surface area contributed by atoms with Crippen molar-refractivity contribution in [2.45, 2.75) is 193 Å². The van der Waals surface area contributed by atoms with Crippen LogP contribution in [0.2, 0.25) is 0 Å². The maximum Gasteiger partial charge on any atom is 0.410 e. The maximum absolute atomic E-state index is 15.2. The van der Waals surface area contributed by atoms with Crippen molar-refractivity contribution in [3.8, 4) is 11.1 Å². The molecule has 5 rings (SSSR count). The molecule has 544 valence electrons. The van der Waals surface area contributed by atoms with Crippen molar-refractivity contribution in [1.29, 1.82) is 0 Å². The highest BCUT2D eigenvalue weighted by Gasteiger charge is 2.45. The van der Waals surface area contributed by atoms with Crippen molar-refractivity contribution in [1.82, 2.24) is 55.1 Å². The molecular formula is C74H109N11O14. The van der Waals surface area contributed by atoms with Gasteiger partial charge in [0.2, 0.25) is 59.1 Å². The van der Waals surface area contributed by atoms with E-state index in [-0.39, 0.29) is 61.9 Å². The van der Waals surface area contributed by atoms with Crippen molar-refractivity contribution in [3.05, 3.63) is 95.6 Å². The molecule has 25 nitrogen and oxygen atoms in total. The second-order valence-electron chi connectivity index (χ2n) is 28.4. The third kappa shape index (κ3) is 20.6. The quantitative estimate of drug-likeness (QED) is 0.0555. The Morgan fingerprint density at radius 1 is 0.444 bits per heavy atom. The lowest BCUT2D eigenvalue weighted by molar-refractivity contribution is -0.154. The van der Waals surface area contributed by atoms with E-state index in [1.54, 1.807) is 37.3 Å². The van der Waals surface area contributed by atoms with Gasteiger partial charge >= 0.3 is 12.1 Å². The number of carbonyl (C=O) groups is 12. The van der Waals surface area contributed by atoms with Gasteiger partial charge in [-0.05, 0) is 111 Å². The molecule has 25 heteroatoms. The van der Waals surface area contributed by atoms with Crippen molar-refractivity contribution in [3.63, 3.8) is 0 Å². The van der Waals surface area contributed by atoms with Crippen LogP contribution in [-0.2, 0) is 63.9 Å². The minimum Gasteiger partial charge on any atom is -0.481 e. The zero-order chi connectivity index (χ0) is 74.2. The number of carboxylic acids is 1. The van der Waals surface area contributed by atoms with E-state index in [2.05, 4.69) is 16.0 Å². The van der Waals surface area contributed by atoms with Gasteiger partial charge in [-0.1, -0.05) is 133 Å². The van der Waals surface area contributed by atoms with Crippen molar-refractivity contribution >= 4 is 71.1 Å². The number of carboxylic acid groups (broad SMARTS) is 1. The molecule has 0 aliphatic heterocycles. The minimum absolute atomic E-state index is 0.0186. The van der Waals surface area contributed by atoms with Gasteiger partial charge < -0.3 is 60.1 Å². The fourth-order valence-electron chi connectivity index (χ4n) is 13.3. The topological polar surface area (TPSA) is 296 Å². The predicted octanol–water partition coefficient (Wildman–Crippen LogP) is 5.87. The molecule has 11 amide bonds. The van der Waals surface area contributed by atoms with E-state index in [1.807, 2.05) is 90.1 Å². The van der Waals surface area contributed by atoms with Gasteiger partial charge in [-0.3, -0.25) is 57.6 Å². The number of hydrogen-bond acceptors (Lipinski definition) is 13. The molecule has 3 aromatic carbocycles. The normalized spacial score (nSPS) is 15.8.